The molecule has 88 valence electrons. The van der Waals surface area contributed by atoms with Crippen molar-refractivity contribution >= 4 is 0 Å². The predicted octanol–water partition coefficient (Wildman–Crippen LogP) is 3.34. The summed E-state index contributed by atoms with van der Waals surface area (Å²) in [6.07, 6.45) is -4.79. The molecule has 0 amide bonds. The van der Waals surface area contributed by atoms with Crippen molar-refractivity contribution in [3.05, 3.63) is 34.6 Å². The molecule has 1 unspecified atom stereocenters. The second-order valence-corrected chi connectivity index (χ2v) is 3.38. The Morgan fingerprint density at radius 3 is 2.24 bits per heavy atom. The molecule has 0 radical (unpaired) electrons. The van der Waals surface area contributed by atoms with Crippen LogP contribution >= 0.6 is 0 Å². The molecule has 0 saturated carbocycles. The van der Waals surface area contributed by atoms with Crippen LogP contribution in [-0.4, -0.2) is 0 Å². The zero-order chi connectivity index (χ0) is 13.2. The van der Waals surface area contributed by atoms with Crippen molar-refractivity contribution in [3.63, 3.8) is 0 Å². The summed E-state index contributed by atoms with van der Waals surface area (Å²) < 4.78 is 50.7. The van der Waals surface area contributed by atoms with Crippen molar-refractivity contribution in [1.82, 2.24) is 0 Å². The quantitative estimate of drug-likeness (QED) is 0.709. The summed E-state index contributed by atoms with van der Waals surface area (Å²) in [5.41, 5.74) is -2.22. The lowest BCUT2D eigenvalue weighted by Crippen LogP contribution is -2.10. The summed E-state index contributed by atoms with van der Waals surface area (Å²) in [6.45, 7) is 1.34. The molecule has 1 aromatic carbocycles. The van der Waals surface area contributed by atoms with Gasteiger partial charge in [-0.25, -0.2) is 4.39 Å². The van der Waals surface area contributed by atoms with Crippen LogP contribution < -0.4 is 0 Å². The molecule has 0 bridgehead atoms. The lowest BCUT2D eigenvalue weighted by Gasteiger charge is -2.12. The molecule has 0 aliphatic carbocycles. The summed E-state index contributed by atoms with van der Waals surface area (Å²) in [4.78, 5) is 0. The highest BCUT2D eigenvalue weighted by Crippen LogP contribution is 2.34. The van der Waals surface area contributed by atoms with E-state index in [1.54, 1.807) is 6.07 Å². The van der Waals surface area contributed by atoms with Gasteiger partial charge in [-0.1, -0.05) is 0 Å². The molecule has 1 rings (SSSR count). The molecule has 0 aromatic heterocycles. The number of nitrogens with zero attached hydrogens (tertiary/aromatic N) is 2. The summed E-state index contributed by atoms with van der Waals surface area (Å²) in [6, 6.07) is 4.08. The van der Waals surface area contributed by atoms with E-state index in [1.165, 1.54) is 13.0 Å². The zero-order valence-electron chi connectivity index (χ0n) is 8.64. The van der Waals surface area contributed by atoms with E-state index in [0.717, 1.165) is 6.07 Å². The number of benzene rings is 1. The minimum Gasteiger partial charge on any atom is -0.207 e. The van der Waals surface area contributed by atoms with Crippen molar-refractivity contribution in [3.8, 4) is 12.1 Å². The predicted molar refractivity (Wildman–Crippen MR) is 50.1 cm³/mol. The third-order valence-electron chi connectivity index (χ3n) is 2.22. The Bertz CT molecular complexity index is 520. The molecular weight excluding hydrogens is 236 g/mol. The van der Waals surface area contributed by atoms with Crippen molar-refractivity contribution < 1.29 is 17.6 Å². The topological polar surface area (TPSA) is 47.6 Å². The van der Waals surface area contributed by atoms with Crippen LogP contribution in [0.1, 0.15) is 29.5 Å². The Morgan fingerprint density at radius 2 is 1.82 bits per heavy atom. The Kier molecular flexibility index (Phi) is 3.38. The highest BCUT2D eigenvalue weighted by molar-refractivity contribution is 5.44. The molecule has 0 fully saturated rings. The van der Waals surface area contributed by atoms with Crippen molar-refractivity contribution in [2.24, 2.45) is 0 Å². The fraction of sp³-hybridized carbons (Fsp3) is 0.273. The van der Waals surface area contributed by atoms with Crippen LogP contribution in [0, 0.1) is 28.5 Å². The maximum Gasteiger partial charge on any atom is 0.417 e. The lowest BCUT2D eigenvalue weighted by atomic mass is 9.96. The number of alkyl halides is 3. The van der Waals surface area contributed by atoms with Gasteiger partial charge >= 0.3 is 6.18 Å². The van der Waals surface area contributed by atoms with E-state index in [4.69, 9.17) is 10.5 Å². The number of hydrogen-bond donors (Lipinski definition) is 0. The summed E-state index contributed by atoms with van der Waals surface area (Å²) in [5.74, 6) is -2.05. The first-order valence-corrected chi connectivity index (χ1v) is 4.51. The van der Waals surface area contributed by atoms with Crippen LogP contribution in [0.25, 0.3) is 0 Å². The van der Waals surface area contributed by atoms with Crippen molar-refractivity contribution in [2.75, 3.05) is 0 Å². The van der Waals surface area contributed by atoms with Crippen LogP contribution in [0.3, 0.4) is 0 Å². The van der Waals surface area contributed by atoms with Gasteiger partial charge in [0, 0.05) is 5.56 Å². The molecular formula is C11H6F4N2. The molecule has 1 atom stereocenters. The summed E-state index contributed by atoms with van der Waals surface area (Å²) >= 11 is 0. The summed E-state index contributed by atoms with van der Waals surface area (Å²) in [7, 11) is 0. The highest BCUT2D eigenvalue weighted by Gasteiger charge is 2.35. The minimum atomic E-state index is -4.79. The van der Waals surface area contributed by atoms with Crippen LogP contribution in [0.5, 0.6) is 0 Å². The van der Waals surface area contributed by atoms with Gasteiger partial charge in [0.05, 0.1) is 29.2 Å². The maximum absolute atomic E-state index is 13.4. The van der Waals surface area contributed by atoms with Gasteiger partial charge in [-0.3, -0.25) is 0 Å². The third kappa shape index (κ3) is 2.54. The number of halogens is 4. The molecule has 0 aliphatic heterocycles. The van der Waals surface area contributed by atoms with E-state index < -0.39 is 29.0 Å². The van der Waals surface area contributed by atoms with E-state index in [2.05, 4.69) is 0 Å². The fourth-order valence-electron chi connectivity index (χ4n) is 1.32. The maximum atomic E-state index is 13.4. The van der Waals surface area contributed by atoms with E-state index >= 15 is 0 Å². The van der Waals surface area contributed by atoms with Crippen LogP contribution in [0.2, 0.25) is 0 Å². The SMILES string of the molecule is CC(C#N)c1cc(C#N)c(C(F)(F)F)cc1F. The Labute approximate surface area is 94.7 Å². The molecule has 0 saturated heterocycles. The molecule has 17 heavy (non-hydrogen) atoms. The van der Waals surface area contributed by atoms with Gasteiger partial charge in [0.1, 0.15) is 5.82 Å². The van der Waals surface area contributed by atoms with Crippen LogP contribution in [-0.2, 0) is 6.18 Å². The van der Waals surface area contributed by atoms with Crippen LogP contribution in [0.15, 0.2) is 12.1 Å². The average Bonchev–Trinajstić information content (AvgIpc) is 2.26. The first-order valence-electron chi connectivity index (χ1n) is 4.51. The van der Waals surface area contributed by atoms with Gasteiger partial charge < -0.3 is 0 Å². The Hall–Kier alpha value is -2.08. The standard InChI is InChI=1S/C11H6F4N2/c1-6(4-16)8-2-7(5-17)9(3-10(8)12)11(13,14)15/h2-3,6H,1H3. The first kappa shape index (κ1) is 13.0. The van der Waals surface area contributed by atoms with E-state index in [9.17, 15) is 17.6 Å². The summed E-state index contributed by atoms with van der Waals surface area (Å²) in [5, 5.41) is 17.2. The van der Waals surface area contributed by atoms with E-state index in [-0.39, 0.29) is 11.6 Å². The molecule has 0 heterocycles. The van der Waals surface area contributed by atoms with E-state index in [0.29, 0.717) is 0 Å². The van der Waals surface area contributed by atoms with Crippen molar-refractivity contribution in [2.45, 2.75) is 19.0 Å². The zero-order valence-corrected chi connectivity index (χ0v) is 8.64. The number of rotatable bonds is 1. The van der Waals surface area contributed by atoms with Crippen LogP contribution in [0.4, 0.5) is 17.6 Å². The lowest BCUT2D eigenvalue weighted by molar-refractivity contribution is -0.138. The molecule has 0 aliphatic rings. The van der Waals surface area contributed by atoms with Gasteiger partial charge in [0.2, 0.25) is 0 Å². The largest absolute Gasteiger partial charge is 0.417 e. The molecule has 1 aromatic rings. The second kappa shape index (κ2) is 4.42. The second-order valence-electron chi connectivity index (χ2n) is 3.38. The Balaban J connectivity index is 3.48. The minimum absolute atomic E-state index is 0.211. The van der Waals surface area contributed by atoms with Crippen molar-refractivity contribution in [1.29, 1.82) is 10.5 Å². The molecule has 0 N–H and O–H groups in total. The highest BCUT2D eigenvalue weighted by atomic mass is 19.4. The average molecular weight is 242 g/mol. The van der Waals surface area contributed by atoms with Gasteiger partial charge in [0.25, 0.3) is 0 Å². The van der Waals surface area contributed by atoms with Gasteiger partial charge in [-0.2, -0.15) is 23.7 Å². The number of nitriles is 2. The monoisotopic (exact) mass is 242 g/mol. The number of hydrogen-bond acceptors (Lipinski definition) is 2. The fourth-order valence-corrected chi connectivity index (χ4v) is 1.32. The molecule has 2 nitrogen and oxygen atoms in total. The third-order valence-corrected chi connectivity index (χ3v) is 2.22. The van der Waals surface area contributed by atoms with Gasteiger partial charge in [0.15, 0.2) is 0 Å². The normalized spacial score (nSPS) is 12.6. The van der Waals surface area contributed by atoms with Gasteiger partial charge in [-0.05, 0) is 19.1 Å². The smallest absolute Gasteiger partial charge is 0.207 e. The first-order chi connectivity index (χ1) is 7.81. The molecule has 0 spiro atoms. The molecule has 6 heteroatoms. The van der Waals surface area contributed by atoms with Gasteiger partial charge in [-0.15, -0.1) is 0 Å². The Morgan fingerprint density at radius 1 is 1.24 bits per heavy atom. The van der Waals surface area contributed by atoms with E-state index in [1.807, 2.05) is 0 Å².